The summed E-state index contributed by atoms with van der Waals surface area (Å²) in [6.07, 6.45) is 1.40. The van der Waals surface area contributed by atoms with Crippen LogP contribution in [0.3, 0.4) is 0 Å². The minimum atomic E-state index is -3.90. The highest BCUT2D eigenvalue weighted by Crippen LogP contribution is 2.23. The summed E-state index contributed by atoms with van der Waals surface area (Å²) in [4.78, 5) is 15.3. The molecule has 0 radical (unpaired) electrons. The van der Waals surface area contributed by atoms with Gasteiger partial charge in [0.1, 0.15) is 16.6 Å². The SMILES string of the molecule is CCOC(=O)CN(CC(C)C)S(=O)(=O)c1cccnc1Cl. The van der Waals surface area contributed by atoms with Crippen molar-refractivity contribution in [2.24, 2.45) is 5.92 Å². The van der Waals surface area contributed by atoms with Gasteiger partial charge in [0.05, 0.1) is 6.61 Å². The van der Waals surface area contributed by atoms with Crippen molar-refractivity contribution in [1.82, 2.24) is 9.29 Å². The van der Waals surface area contributed by atoms with Crippen LogP contribution in [0.1, 0.15) is 20.8 Å². The van der Waals surface area contributed by atoms with Gasteiger partial charge >= 0.3 is 5.97 Å². The van der Waals surface area contributed by atoms with Crippen molar-refractivity contribution in [3.8, 4) is 0 Å². The zero-order chi connectivity index (χ0) is 16.0. The molecule has 1 rings (SSSR count). The largest absolute Gasteiger partial charge is 0.465 e. The number of hydrogen-bond donors (Lipinski definition) is 0. The van der Waals surface area contributed by atoms with E-state index < -0.39 is 16.0 Å². The van der Waals surface area contributed by atoms with E-state index in [1.165, 1.54) is 18.3 Å². The van der Waals surface area contributed by atoms with Crippen LogP contribution in [0.4, 0.5) is 0 Å². The van der Waals surface area contributed by atoms with Gasteiger partial charge in [0.25, 0.3) is 0 Å². The molecule has 0 fully saturated rings. The Morgan fingerprint density at radius 2 is 2.14 bits per heavy atom. The van der Waals surface area contributed by atoms with Gasteiger partial charge in [-0.05, 0) is 25.0 Å². The molecule has 0 aliphatic heterocycles. The number of hydrogen-bond acceptors (Lipinski definition) is 5. The molecule has 118 valence electrons. The predicted molar refractivity (Wildman–Crippen MR) is 79.5 cm³/mol. The lowest BCUT2D eigenvalue weighted by molar-refractivity contribution is -0.143. The van der Waals surface area contributed by atoms with Gasteiger partial charge < -0.3 is 4.74 Å². The summed E-state index contributed by atoms with van der Waals surface area (Å²) < 4.78 is 31.1. The average Bonchev–Trinajstić information content (AvgIpc) is 2.38. The summed E-state index contributed by atoms with van der Waals surface area (Å²) >= 11 is 5.85. The van der Waals surface area contributed by atoms with E-state index in [9.17, 15) is 13.2 Å². The second kappa shape index (κ2) is 7.72. The molecule has 8 heteroatoms. The lowest BCUT2D eigenvalue weighted by atomic mass is 10.2. The van der Waals surface area contributed by atoms with Gasteiger partial charge in [-0.3, -0.25) is 4.79 Å². The van der Waals surface area contributed by atoms with Crippen molar-refractivity contribution < 1.29 is 17.9 Å². The zero-order valence-corrected chi connectivity index (χ0v) is 13.8. The third-order valence-corrected chi connectivity index (χ3v) is 4.78. The summed E-state index contributed by atoms with van der Waals surface area (Å²) in [6.45, 7) is 5.42. The number of carbonyl (C=O) groups excluding carboxylic acids is 1. The molecule has 0 amide bonds. The van der Waals surface area contributed by atoms with Crippen molar-refractivity contribution in [1.29, 1.82) is 0 Å². The monoisotopic (exact) mass is 334 g/mol. The number of halogens is 1. The van der Waals surface area contributed by atoms with E-state index in [0.29, 0.717) is 0 Å². The van der Waals surface area contributed by atoms with Crippen molar-refractivity contribution in [2.45, 2.75) is 25.7 Å². The van der Waals surface area contributed by atoms with Gasteiger partial charge in [-0.25, -0.2) is 13.4 Å². The summed E-state index contributed by atoms with van der Waals surface area (Å²) in [7, 11) is -3.90. The molecule has 1 aromatic heterocycles. The first-order chi connectivity index (χ1) is 9.78. The number of nitrogens with zero attached hydrogens (tertiary/aromatic N) is 2. The van der Waals surface area contributed by atoms with E-state index in [1.807, 2.05) is 13.8 Å². The zero-order valence-electron chi connectivity index (χ0n) is 12.2. The predicted octanol–water partition coefficient (Wildman–Crippen LogP) is 1.94. The number of carbonyl (C=O) groups is 1. The molecule has 0 saturated heterocycles. The molecule has 0 aliphatic carbocycles. The van der Waals surface area contributed by atoms with Gasteiger partial charge in [-0.1, -0.05) is 25.4 Å². The molecule has 0 bridgehead atoms. The lowest BCUT2D eigenvalue weighted by Gasteiger charge is -2.23. The van der Waals surface area contributed by atoms with Crippen molar-refractivity contribution >= 4 is 27.6 Å². The van der Waals surface area contributed by atoms with Crippen LogP contribution in [-0.4, -0.2) is 43.4 Å². The molecule has 0 spiro atoms. The highest BCUT2D eigenvalue weighted by Gasteiger charge is 2.29. The van der Waals surface area contributed by atoms with Crippen LogP contribution in [-0.2, 0) is 19.6 Å². The number of rotatable bonds is 7. The number of sulfonamides is 1. The average molecular weight is 335 g/mol. The van der Waals surface area contributed by atoms with Gasteiger partial charge in [0.2, 0.25) is 10.0 Å². The van der Waals surface area contributed by atoms with Crippen LogP contribution in [0.2, 0.25) is 5.15 Å². The summed E-state index contributed by atoms with van der Waals surface area (Å²) in [5, 5.41) is -0.116. The van der Waals surface area contributed by atoms with Crippen LogP contribution in [0.5, 0.6) is 0 Å². The van der Waals surface area contributed by atoms with Gasteiger partial charge in [-0.15, -0.1) is 0 Å². The topological polar surface area (TPSA) is 76.6 Å². The molecule has 1 aromatic rings. The Hall–Kier alpha value is -1.18. The molecule has 1 heterocycles. The number of pyridine rings is 1. The molecule has 0 unspecified atom stereocenters. The van der Waals surface area contributed by atoms with E-state index in [2.05, 4.69) is 4.98 Å². The van der Waals surface area contributed by atoms with E-state index in [4.69, 9.17) is 16.3 Å². The Balaban J connectivity index is 3.12. The first kappa shape index (κ1) is 17.9. The Bertz CT molecular complexity index is 590. The second-order valence-corrected chi connectivity index (χ2v) is 7.05. The van der Waals surface area contributed by atoms with Crippen molar-refractivity contribution in [3.63, 3.8) is 0 Å². The Morgan fingerprint density at radius 3 is 2.67 bits per heavy atom. The third-order valence-electron chi connectivity index (χ3n) is 2.52. The van der Waals surface area contributed by atoms with Crippen LogP contribution >= 0.6 is 11.6 Å². The summed E-state index contributed by atoms with van der Waals surface area (Å²) in [5.74, 6) is -0.550. The fourth-order valence-electron chi connectivity index (χ4n) is 1.71. The van der Waals surface area contributed by atoms with Crippen LogP contribution < -0.4 is 0 Å². The van der Waals surface area contributed by atoms with E-state index in [0.717, 1.165) is 4.31 Å². The fraction of sp³-hybridized carbons (Fsp3) is 0.538. The molecule has 0 aromatic carbocycles. The minimum absolute atomic E-state index is 0.0460. The smallest absolute Gasteiger partial charge is 0.321 e. The Labute approximate surface area is 130 Å². The van der Waals surface area contributed by atoms with Crippen molar-refractivity contribution in [3.05, 3.63) is 23.5 Å². The molecular weight excluding hydrogens is 316 g/mol. The Kier molecular flexibility index (Phi) is 6.57. The van der Waals surface area contributed by atoms with Gasteiger partial charge in [0.15, 0.2) is 0 Å². The molecule has 0 saturated carbocycles. The molecule has 0 atom stereocenters. The van der Waals surface area contributed by atoms with Crippen LogP contribution in [0.15, 0.2) is 23.2 Å². The van der Waals surface area contributed by atoms with Crippen LogP contribution in [0, 0.1) is 5.92 Å². The maximum atomic E-state index is 12.6. The lowest BCUT2D eigenvalue weighted by Crippen LogP contribution is -2.39. The van der Waals surface area contributed by atoms with Crippen molar-refractivity contribution in [2.75, 3.05) is 19.7 Å². The molecule has 0 aliphatic rings. The van der Waals surface area contributed by atoms with Gasteiger partial charge in [-0.2, -0.15) is 4.31 Å². The standard InChI is InChI=1S/C13H19ClN2O4S/c1-4-20-12(17)9-16(8-10(2)3)21(18,19)11-6-5-7-15-13(11)14/h5-7,10H,4,8-9H2,1-3H3. The summed E-state index contributed by atoms with van der Waals surface area (Å²) in [5.41, 5.74) is 0. The first-order valence-corrected chi connectivity index (χ1v) is 8.37. The highest BCUT2D eigenvalue weighted by atomic mass is 35.5. The van der Waals surface area contributed by atoms with Crippen LogP contribution in [0.25, 0.3) is 0 Å². The number of aromatic nitrogens is 1. The minimum Gasteiger partial charge on any atom is -0.465 e. The second-order valence-electron chi connectivity index (χ2n) is 4.79. The van der Waals surface area contributed by atoms with E-state index in [-0.39, 0.29) is 35.7 Å². The van der Waals surface area contributed by atoms with E-state index >= 15 is 0 Å². The van der Waals surface area contributed by atoms with Gasteiger partial charge in [0, 0.05) is 12.7 Å². The fourth-order valence-corrected chi connectivity index (χ4v) is 3.68. The molecule has 6 nitrogen and oxygen atoms in total. The number of esters is 1. The van der Waals surface area contributed by atoms with E-state index in [1.54, 1.807) is 6.92 Å². The third kappa shape index (κ3) is 4.94. The normalized spacial score (nSPS) is 11.9. The maximum absolute atomic E-state index is 12.6. The quantitative estimate of drug-likeness (QED) is 0.562. The highest BCUT2D eigenvalue weighted by molar-refractivity contribution is 7.89. The maximum Gasteiger partial charge on any atom is 0.321 e. The molecule has 21 heavy (non-hydrogen) atoms. The number of ether oxygens (including phenoxy) is 1. The Morgan fingerprint density at radius 1 is 1.48 bits per heavy atom. The summed E-state index contributed by atoms with van der Waals surface area (Å²) in [6, 6.07) is 2.85. The first-order valence-electron chi connectivity index (χ1n) is 6.55. The molecule has 0 N–H and O–H groups in total. The molecular formula is C13H19ClN2O4S.